The number of hydrogen-bond donors (Lipinski definition) is 3. The number of aromatic nitrogens is 1. The molecule has 2 rings (SSSR count). The molecule has 0 saturated heterocycles. The maximum absolute atomic E-state index is 5.56. The van der Waals surface area contributed by atoms with Crippen LogP contribution in [0.15, 0.2) is 35.5 Å². The number of aromatic amines is 1. The number of para-hydroxylation sites is 1. The number of aliphatic imine (C=N–C) groups is 1. The predicted octanol–water partition coefficient (Wildman–Crippen LogP) is 1.86. The Morgan fingerprint density at radius 2 is 2.18 bits per heavy atom. The van der Waals surface area contributed by atoms with Crippen molar-refractivity contribution in [1.29, 1.82) is 0 Å². The van der Waals surface area contributed by atoms with Gasteiger partial charge in [0.05, 0.1) is 0 Å². The van der Waals surface area contributed by atoms with E-state index in [0.717, 1.165) is 13.0 Å². The normalized spacial score (nSPS) is 11.2. The Balaban J connectivity index is 0.00000144. The maximum atomic E-state index is 5.56. The molecule has 5 heteroatoms. The average Bonchev–Trinajstić information content (AvgIpc) is 2.73. The standard InChI is InChI=1S/C12H16N4.HI/c1-14-12(13)15-7-6-9-8-16-11-5-3-2-4-10(9)11;/h2-5,8,16H,6-7H2,1H3,(H3,13,14,15);1H. The van der Waals surface area contributed by atoms with Crippen molar-refractivity contribution in [2.24, 2.45) is 10.7 Å². The monoisotopic (exact) mass is 344 g/mol. The van der Waals surface area contributed by atoms with Gasteiger partial charge in [-0.05, 0) is 18.1 Å². The highest BCUT2D eigenvalue weighted by molar-refractivity contribution is 14.0. The zero-order chi connectivity index (χ0) is 11.4. The summed E-state index contributed by atoms with van der Waals surface area (Å²) in [6, 6.07) is 8.28. The van der Waals surface area contributed by atoms with E-state index in [-0.39, 0.29) is 24.0 Å². The SMILES string of the molecule is CN=C(N)NCCc1c[nH]c2ccccc12.I. The second-order valence-electron chi connectivity index (χ2n) is 3.65. The summed E-state index contributed by atoms with van der Waals surface area (Å²) in [5.41, 5.74) is 8.03. The molecule has 4 N–H and O–H groups in total. The van der Waals surface area contributed by atoms with Gasteiger partial charge < -0.3 is 16.0 Å². The van der Waals surface area contributed by atoms with Crippen LogP contribution in [0.4, 0.5) is 0 Å². The van der Waals surface area contributed by atoms with Gasteiger partial charge in [0, 0.05) is 30.7 Å². The summed E-state index contributed by atoms with van der Waals surface area (Å²) >= 11 is 0. The van der Waals surface area contributed by atoms with Crippen molar-refractivity contribution >= 4 is 40.8 Å². The number of hydrogen-bond acceptors (Lipinski definition) is 1. The molecule has 17 heavy (non-hydrogen) atoms. The summed E-state index contributed by atoms with van der Waals surface area (Å²) < 4.78 is 0. The van der Waals surface area contributed by atoms with E-state index in [9.17, 15) is 0 Å². The molecular formula is C12H17IN4. The van der Waals surface area contributed by atoms with Crippen LogP contribution in [-0.4, -0.2) is 24.5 Å². The minimum Gasteiger partial charge on any atom is -0.370 e. The molecule has 0 aliphatic heterocycles. The van der Waals surface area contributed by atoms with Crippen molar-refractivity contribution in [2.45, 2.75) is 6.42 Å². The Morgan fingerprint density at radius 1 is 1.41 bits per heavy atom. The lowest BCUT2D eigenvalue weighted by molar-refractivity contribution is 0.861. The maximum Gasteiger partial charge on any atom is 0.188 e. The van der Waals surface area contributed by atoms with Crippen LogP contribution in [0.1, 0.15) is 5.56 Å². The summed E-state index contributed by atoms with van der Waals surface area (Å²) in [6.45, 7) is 0.797. The van der Waals surface area contributed by atoms with Gasteiger partial charge in [-0.25, -0.2) is 0 Å². The lowest BCUT2D eigenvalue weighted by atomic mass is 10.1. The molecule has 92 valence electrons. The Bertz CT molecular complexity index is 504. The number of fused-ring (bicyclic) bond motifs is 1. The van der Waals surface area contributed by atoms with Crippen LogP contribution in [0.5, 0.6) is 0 Å². The summed E-state index contributed by atoms with van der Waals surface area (Å²) in [7, 11) is 1.67. The van der Waals surface area contributed by atoms with Gasteiger partial charge in [-0.2, -0.15) is 0 Å². The molecule has 0 bridgehead atoms. The second-order valence-corrected chi connectivity index (χ2v) is 3.65. The van der Waals surface area contributed by atoms with Crippen LogP contribution >= 0.6 is 24.0 Å². The molecule has 0 atom stereocenters. The van der Waals surface area contributed by atoms with Crippen LogP contribution in [-0.2, 0) is 6.42 Å². The van der Waals surface area contributed by atoms with Crippen molar-refractivity contribution in [3.63, 3.8) is 0 Å². The first kappa shape index (κ1) is 13.8. The molecule has 0 aliphatic carbocycles. The van der Waals surface area contributed by atoms with Gasteiger partial charge in [-0.3, -0.25) is 4.99 Å². The van der Waals surface area contributed by atoms with Crippen molar-refractivity contribution in [3.8, 4) is 0 Å². The third-order valence-corrected chi connectivity index (χ3v) is 2.62. The summed E-state index contributed by atoms with van der Waals surface area (Å²) in [4.78, 5) is 7.10. The third kappa shape index (κ3) is 3.36. The lowest BCUT2D eigenvalue weighted by Crippen LogP contribution is -2.32. The van der Waals surface area contributed by atoms with Gasteiger partial charge in [-0.1, -0.05) is 18.2 Å². The van der Waals surface area contributed by atoms with Crippen LogP contribution in [0.3, 0.4) is 0 Å². The number of benzene rings is 1. The summed E-state index contributed by atoms with van der Waals surface area (Å²) in [5.74, 6) is 0.486. The van der Waals surface area contributed by atoms with E-state index in [1.165, 1.54) is 16.5 Å². The molecule has 4 nitrogen and oxygen atoms in total. The van der Waals surface area contributed by atoms with E-state index in [1.807, 2.05) is 12.3 Å². The first-order chi connectivity index (χ1) is 7.81. The van der Waals surface area contributed by atoms with Crippen LogP contribution in [0.25, 0.3) is 10.9 Å². The van der Waals surface area contributed by atoms with Crippen molar-refractivity contribution in [3.05, 3.63) is 36.0 Å². The van der Waals surface area contributed by atoms with Crippen molar-refractivity contribution in [2.75, 3.05) is 13.6 Å². The first-order valence-electron chi connectivity index (χ1n) is 5.32. The molecule has 0 unspecified atom stereocenters. The molecule has 0 radical (unpaired) electrons. The predicted molar refractivity (Wildman–Crippen MR) is 83.0 cm³/mol. The minimum atomic E-state index is 0. The second kappa shape index (κ2) is 6.48. The Kier molecular flexibility index (Phi) is 5.27. The molecule has 0 fully saturated rings. The number of H-pyrrole nitrogens is 1. The number of nitrogens with two attached hydrogens (primary N) is 1. The Hall–Kier alpha value is -1.24. The highest BCUT2D eigenvalue weighted by Crippen LogP contribution is 2.17. The minimum absolute atomic E-state index is 0. The lowest BCUT2D eigenvalue weighted by Gasteiger charge is -2.03. The number of halogens is 1. The average molecular weight is 344 g/mol. The smallest absolute Gasteiger partial charge is 0.188 e. The van der Waals surface area contributed by atoms with Gasteiger partial charge in [0.2, 0.25) is 0 Å². The molecule has 2 aromatic rings. The largest absolute Gasteiger partial charge is 0.370 e. The molecule has 1 aromatic carbocycles. The van der Waals surface area contributed by atoms with Gasteiger partial charge in [-0.15, -0.1) is 24.0 Å². The number of nitrogens with one attached hydrogen (secondary N) is 2. The molecule has 0 spiro atoms. The molecule has 0 aliphatic rings. The number of rotatable bonds is 3. The Labute approximate surface area is 118 Å². The third-order valence-electron chi connectivity index (χ3n) is 2.62. The van der Waals surface area contributed by atoms with Gasteiger partial charge in [0.15, 0.2) is 5.96 Å². The molecular weight excluding hydrogens is 327 g/mol. The van der Waals surface area contributed by atoms with E-state index < -0.39 is 0 Å². The fraction of sp³-hybridized carbons (Fsp3) is 0.250. The van der Waals surface area contributed by atoms with E-state index in [1.54, 1.807) is 7.05 Å². The molecule has 1 aromatic heterocycles. The zero-order valence-electron chi connectivity index (χ0n) is 9.73. The van der Waals surface area contributed by atoms with Gasteiger partial charge in [0.1, 0.15) is 0 Å². The number of nitrogens with zero attached hydrogens (tertiary/aromatic N) is 1. The van der Waals surface area contributed by atoms with Crippen molar-refractivity contribution < 1.29 is 0 Å². The van der Waals surface area contributed by atoms with Crippen LogP contribution in [0.2, 0.25) is 0 Å². The molecule has 0 amide bonds. The fourth-order valence-corrected chi connectivity index (χ4v) is 1.74. The fourth-order valence-electron chi connectivity index (χ4n) is 1.74. The van der Waals surface area contributed by atoms with Gasteiger partial charge >= 0.3 is 0 Å². The van der Waals surface area contributed by atoms with E-state index in [0.29, 0.717) is 5.96 Å². The van der Waals surface area contributed by atoms with Crippen molar-refractivity contribution in [1.82, 2.24) is 10.3 Å². The molecule has 1 heterocycles. The first-order valence-corrected chi connectivity index (χ1v) is 5.32. The van der Waals surface area contributed by atoms with E-state index in [2.05, 4.69) is 33.5 Å². The highest BCUT2D eigenvalue weighted by atomic mass is 127. The quantitative estimate of drug-likeness (QED) is 0.452. The highest BCUT2D eigenvalue weighted by Gasteiger charge is 2.01. The topological polar surface area (TPSA) is 66.2 Å². The number of guanidine groups is 1. The molecule has 0 saturated carbocycles. The zero-order valence-corrected chi connectivity index (χ0v) is 12.1. The van der Waals surface area contributed by atoms with E-state index in [4.69, 9.17) is 5.73 Å². The Morgan fingerprint density at radius 3 is 2.94 bits per heavy atom. The van der Waals surface area contributed by atoms with Gasteiger partial charge in [0.25, 0.3) is 0 Å². The van der Waals surface area contributed by atoms with E-state index >= 15 is 0 Å². The van der Waals surface area contributed by atoms with Crippen LogP contribution in [0, 0.1) is 0 Å². The summed E-state index contributed by atoms with van der Waals surface area (Å²) in [5, 5.41) is 4.32. The summed E-state index contributed by atoms with van der Waals surface area (Å²) in [6.07, 6.45) is 2.98. The van der Waals surface area contributed by atoms with Crippen LogP contribution < -0.4 is 11.1 Å².